The van der Waals surface area contributed by atoms with Crippen LogP contribution in [-0.2, 0) is 10.0 Å². The zero-order valence-corrected chi connectivity index (χ0v) is 15.8. The van der Waals surface area contributed by atoms with E-state index in [1.807, 2.05) is 30.5 Å². The van der Waals surface area contributed by atoms with Crippen LogP contribution in [0.4, 0.5) is 11.4 Å². The van der Waals surface area contributed by atoms with Gasteiger partial charge in [-0.25, -0.2) is 13.4 Å². The Morgan fingerprint density at radius 1 is 1.08 bits per heavy atom. The van der Waals surface area contributed by atoms with E-state index < -0.39 is 10.0 Å². The Labute approximate surface area is 156 Å². The zero-order valence-electron chi connectivity index (χ0n) is 14.2. The van der Waals surface area contributed by atoms with Crippen LogP contribution in [0.3, 0.4) is 0 Å². The molecule has 0 saturated heterocycles. The largest absolute Gasteiger partial charge is 0.322 e. The molecule has 0 radical (unpaired) electrons. The van der Waals surface area contributed by atoms with Crippen molar-refractivity contribution in [3.63, 3.8) is 0 Å². The van der Waals surface area contributed by atoms with Crippen LogP contribution in [-0.4, -0.2) is 25.6 Å². The molecule has 0 aliphatic carbocycles. The summed E-state index contributed by atoms with van der Waals surface area (Å²) in [5.41, 5.74) is 3.11. The van der Waals surface area contributed by atoms with Gasteiger partial charge in [0, 0.05) is 27.9 Å². The van der Waals surface area contributed by atoms with Crippen LogP contribution in [0.1, 0.15) is 15.4 Å². The van der Waals surface area contributed by atoms with Crippen LogP contribution in [0.2, 0.25) is 0 Å². The number of anilines is 2. The third kappa shape index (κ3) is 4.68. The van der Waals surface area contributed by atoms with E-state index in [1.54, 1.807) is 35.6 Å². The van der Waals surface area contributed by atoms with Crippen molar-refractivity contribution in [3.8, 4) is 11.3 Å². The van der Waals surface area contributed by atoms with E-state index in [2.05, 4.69) is 15.0 Å². The number of aryl methyl sites for hydroxylation is 1. The third-order valence-electron chi connectivity index (χ3n) is 3.46. The average Bonchev–Trinajstić information content (AvgIpc) is 3.00. The van der Waals surface area contributed by atoms with E-state index in [9.17, 15) is 13.2 Å². The Hall–Kier alpha value is -2.71. The number of sulfonamides is 1. The minimum Gasteiger partial charge on any atom is -0.322 e. The Balaban J connectivity index is 1.79. The summed E-state index contributed by atoms with van der Waals surface area (Å²) in [4.78, 5) is 16.9. The smallest absolute Gasteiger partial charge is 0.255 e. The Morgan fingerprint density at radius 2 is 1.81 bits per heavy atom. The molecule has 2 aromatic carbocycles. The lowest BCUT2D eigenvalue weighted by atomic mass is 10.1. The van der Waals surface area contributed by atoms with Crippen LogP contribution < -0.4 is 10.0 Å². The summed E-state index contributed by atoms with van der Waals surface area (Å²) in [5.74, 6) is -0.325. The number of aromatic nitrogens is 1. The number of hydrogen-bond donors (Lipinski definition) is 2. The quantitative estimate of drug-likeness (QED) is 0.698. The summed E-state index contributed by atoms with van der Waals surface area (Å²) < 4.78 is 25.0. The summed E-state index contributed by atoms with van der Waals surface area (Å²) >= 11 is 1.57. The van der Waals surface area contributed by atoms with Crippen LogP contribution in [0.15, 0.2) is 53.9 Å². The van der Waals surface area contributed by atoms with Gasteiger partial charge >= 0.3 is 0 Å². The third-order valence-corrected chi connectivity index (χ3v) is 4.84. The molecule has 0 aliphatic rings. The molecule has 1 amide bonds. The number of nitrogens with one attached hydrogen (secondary N) is 2. The van der Waals surface area contributed by atoms with Crippen LogP contribution in [0.5, 0.6) is 0 Å². The highest BCUT2D eigenvalue weighted by molar-refractivity contribution is 7.92. The van der Waals surface area contributed by atoms with Crippen molar-refractivity contribution in [2.24, 2.45) is 0 Å². The number of rotatable bonds is 5. The van der Waals surface area contributed by atoms with Gasteiger partial charge in [-0.15, -0.1) is 11.3 Å². The van der Waals surface area contributed by atoms with E-state index in [1.165, 1.54) is 6.07 Å². The molecule has 6 nitrogen and oxygen atoms in total. The molecule has 1 heterocycles. The molecule has 0 bridgehead atoms. The number of benzene rings is 2. The molecule has 3 rings (SSSR count). The molecule has 0 fully saturated rings. The lowest BCUT2D eigenvalue weighted by Crippen LogP contribution is -2.14. The zero-order chi connectivity index (χ0) is 18.7. The first-order valence-electron chi connectivity index (χ1n) is 7.72. The molecule has 2 N–H and O–H groups in total. The highest BCUT2D eigenvalue weighted by Crippen LogP contribution is 2.24. The molecule has 0 unspecified atom stereocenters. The maximum atomic E-state index is 12.5. The highest BCUT2D eigenvalue weighted by atomic mass is 32.2. The van der Waals surface area contributed by atoms with Crippen molar-refractivity contribution < 1.29 is 13.2 Å². The maximum Gasteiger partial charge on any atom is 0.255 e. The molecule has 0 aliphatic heterocycles. The van der Waals surface area contributed by atoms with Gasteiger partial charge in [-0.2, -0.15) is 0 Å². The fraction of sp³-hybridized carbons (Fsp3) is 0.111. The van der Waals surface area contributed by atoms with Crippen molar-refractivity contribution in [1.29, 1.82) is 0 Å². The summed E-state index contributed by atoms with van der Waals surface area (Å²) in [6.07, 6.45) is 1.06. The fourth-order valence-corrected chi connectivity index (χ4v) is 3.57. The summed E-state index contributed by atoms with van der Waals surface area (Å²) in [6, 6.07) is 13.7. The number of hydrogen-bond acceptors (Lipinski definition) is 5. The van der Waals surface area contributed by atoms with Gasteiger partial charge in [0.05, 0.1) is 17.0 Å². The summed E-state index contributed by atoms with van der Waals surface area (Å²) in [6.45, 7) is 1.94. The average molecular weight is 387 g/mol. The van der Waals surface area contributed by atoms with E-state index in [0.717, 1.165) is 22.5 Å². The number of thiazole rings is 1. The Kier molecular flexibility index (Phi) is 5.06. The number of amides is 1. The lowest BCUT2D eigenvalue weighted by Gasteiger charge is -2.09. The topological polar surface area (TPSA) is 88.2 Å². The first-order valence-corrected chi connectivity index (χ1v) is 10.5. The van der Waals surface area contributed by atoms with E-state index in [-0.39, 0.29) is 5.91 Å². The van der Waals surface area contributed by atoms with Gasteiger partial charge in [0.1, 0.15) is 0 Å². The molecule has 3 aromatic rings. The standard InChI is InChI=1S/C18H17N3O3S2/c1-12-19-17(11-25-12)13-5-3-7-15(9-13)20-18(22)14-6-4-8-16(10-14)21-26(2,23)24/h3-11,21H,1-2H3,(H,20,22). The first kappa shape index (κ1) is 18.1. The molecule has 0 spiro atoms. The van der Waals surface area contributed by atoms with Crippen molar-refractivity contribution >= 4 is 38.6 Å². The molecule has 0 atom stereocenters. The van der Waals surface area contributed by atoms with Crippen LogP contribution in [0, 0.1) is 6.92 Å². The monoisotopic (exact) mass is 387 g/mol. The van der Waals surface area contributed by atoms with Crippen molar-refractivity contribution in [2.45, 2.75) is 6.92 Å². The molecule has 0 saturated carbocycles. The Bertz CT molecular complexity index is 1060. The lowest BCUT2D eigenvalue weighted by molar-refractivity contribution is 0.102. The van der Waals surface area contributed by atoms with Crippen molar-refractivity contribution in [3.05, 3.63) is 64.5 Å². The van der Waals surface area contributed by atoms with Gasteiger partial charge in [-0.05, 0) is 37.3 Å². The van der Waals surface area contributed by atoms with Crippen LogP contribution >= 0.6 is 11.3 Å². The predicted octanol–water partition coefficient (Wildman–Crippen LogP) is 3.74. The molecular weight excluding hydrogens is 370 g/mol. The maximum absolute atomic E-state index is 12.5. The molecule has 8 heteroatoms. The number of carbonyl (C=O) groups is 1. The highest BCUT2D eigenvalue weighted by Gasteiger charge is 2.10. The minimum absolute atomic E-state index is 0.325. The Morgan fingerprint density at radius 3 is 2.50 bits per heavy atom. The number of carbonyl (C=O) groups excluding carboxylic acids is 1. The summed E-state index contributed by atoms with van der Waals surface area (Å²) in [5, 5.41) is 5.77. The molecule has 1 aromatic heterocycles. The second kappa shape index (κ2) is 7.27. The SMILES string of the molecule is Cc1nc(-c2cccc(NC(=O)c3cccc(NS(C)(=O)=O)c3)c2)cs1. The van der Waals surface area contributed by atoms with Gasteiger partial charge in [0.2, 0.25) is 10.0 Å². The van der Waals surface area contributed by atoms with E-state index in [0.29, 0.717) is 16.9 Å². The van der Waals surface area contributed by atoms with Gasteiger partial charge in [0.25, 0.3) is 5.91 Å². The van der Waals surface area contributed by atoms with Gasteiger partial charge in [-0.1, -0.05) is 18.2 Å². The number of nitrogens with zero attached hydrogens (tertiary/aromatic N) is 1. The predicted molar refractivity (Wildman–Crippen MR) is 105 cm³/mol. The first-order chi connectivity index (χ1) is 12.3. The van der Waals surface area contributed by atoms with E-state index in [4.69, 9.17) is 0 Å². The fourth-order valence-electron chi connectivity index (χ4n) is 2.39. The van der Waals surface area contributed by atoms with Crippen LogP contribution in [0.25, 0.3) is 11.3 Å². The van der Waals surface area contributed by atoms with Gasteiger partial charge < -0.3 is 5.32 Å². The van der Waals surface area contributed by atoms with Crippen molar-refractivity contribution in [2.75, 3.05) is 16.3 Å². The van der Waals surface area contributed by atoms with Crippen molar-refractivity contribution in [1.82, 2.24) is 4.98 Å². The van der Waals surface area contributed by atoms with Gasteiger partial charge in [-0.3, -0.25) is 9.52 Å². The van der Waals surface area contributed by atoms with Gasteiger partial charge in [0.15, 0.2) is 0 Å². The second-order valence-corrected chi connectivity index (χ2v) is 8.55. The molecule has 26 heavy (non-hydrogen) atoms. The second-order valence-electron chi connectivity index (χ2n) is 5.74. The summed E-state index contributed by atoms with van der Waals surface area (Å²) in [7, 11) is -3.40. The minimum atomic E-state index is -3.40. The van der Waals surface area contributed by atoms with E-state index >= 15 is 0 Å². The normalized spacial score (nSPS) is 11.2. The molecular formula is C18H17N3O3S2. The molecule has 134 valence electrons.